The highest BCUT2D eigenvalue weighted by molar-refractivity contribution is 5.66. The van der Waals surface area contributed by atoms with Gasteiger partial charge in [-0.3, -0.25) is 0 Å². The average molecular weight is 426 g/mol. The largest absolute Gasteiger partial charge is 0.421 e. The lowest BCUT2D eigenvalue weighted by atomic mass is 9.83. The Labute approximate surface area is 179 Å². The van der Waals surface area contributed by atoms with Crippen molar-refractivity contribution in [1.29, 1.82) is 0 Å². The molecule has 4 nitrogen and oxygen atoms in total. The van der Waals surface area contributed by atoms with E-state index in [1.807, 2.05) is 55.5 Å². The van der Waals surface area contributed by atoms with Crippen molar-refractivity contribution >= 4 is 23.1 Å². The lowest BCUT2D eigenvalue weighted by Gasteiger charge is -2.25. The third-order valence-electron chi connectivity index (χ3n) is 5.63. The minimum atomic E-state index is -4.57. The van der Waals surface area contributed by atoms with Crippen molar-refractivity contribution in [1.82, 2.24) is 9.97 Å². The third-order valence-corrected chi connectivity index (χ3v) is 5.63. The molecule has 31 heavy (non-hydrogen) atoms. The minimum Gasteiger partial charge on any atom is -0.339 e. The number of aryl methyl sites for hydroxylation is 1. The molecule has 0 unspecified atom stereocenters. The first-order valence-corrected chi connectivity index (χ1v) is 10.5. The molecule has 1 fully saturated rings. The fourth-order valence-corrected chi connectivity index (χ4v) is 4.10. The third kappa shape index (κ3) is 5.16. The Bertz CT molecular complexity index is 1040. The van der Waals surface area contributed by atoms with Crippen LogP contribution in [0.25, 0.3) is 0 Å². The van der Waals surface area contributed by atoms with E-state index in [-0.39, 0.29) is 11.8 Å². The van der Waals surface area contributed by atoms with E-state index in [0.29, 0.717) is 17.3 Å². The van der Waals surface area contributed by atoms with E-state index in [1.165, 1.54) is 6.42 Å². The van der Waals surface area contributed by atoms with Crippen molar-refractivity contribution in [2.75, 3.05) is 10.6 Å². The van der Waals surface area contributed by atoms with Gasteiger partial charge in [-0.15, -0.1) is 0 Å². The molecule has 0 atom stereocenters. The van der Waals surface area contributed by atoms with Gasteiger partial charge in [0, 0.05) is 17.6 Å². The monoisotopic (exact) mass is 426 g/mol. The summed E-state index contributed by atoms with van der Waals surface area (Å²) in [5.74, 6) is 0.204. The molecule has 0 amide bonds. The van der Waals surface area contributed by atoms with Crippen LogP contribution in [0, 0.1) is 6.92 Å². The van der Waals surface area contributed by atoms with Gasteiger partial charge in [-0.25, -0.2) is 4.98 Å². The maximum absolute atomic E-state index is 13.7. The number of nitrogens with one attached hydrogen (secondary N) is 2. The van der Waals surface area contributed by atoms with Gasteiger partial charge >= 0.3 is 6.18 Å². The number of halogens is 3. The molecule has 1 aliphatic rings. The summed E-state index contributed by atoms with van der Waals surface area (Å²) in [7, 11) is 0. The van der Waals surface area contributed by atoms with Crippen LogP contribution >= 0.6 is 0 Å². The first-order valence-electron chi connectivity index (χ1n) is 10.5. The highest BCUT2D eigenvalue weighted by Crippen LogP contribution is 2.39. The van der Waals surface area contributed by atoms with Crippen molar-refractivity contribution in [2.24, 2.45) is 0 Å². The fraction of sp³-hybridized carbons (Fsp3) is 0.333. The van der Waals surface area contributed by atoms with Crippen LogP contribution in [0.3, 0.4) is 0 Å². The minimum absolute atomic E-state index is 0.108. The predicted octanol–water partition coefficient (Wildman–Crippen LogP) is 7.34. The van der Waals surface area contributed by atoms with E-state index in [1.54, 1.807) is 0 Å². The molecule has 3 aromatic rings. The summed E-state index contributed by atoms with van der Waals surface area (Å²) < 4.78 is 41.0. The average Bonchev–Trinajstić information content (AvgIpc) is 2.74. The molecule has 1 aromatic heterocycles. The number of benzene rings is 2. The summed E-state index contributed by atoms with van der Waals surface area (Å²) in [4.78, 5) is 8.09. The molecule has 0 spiro atoms. The smallest absolute Gasteiger partial charge is 0.339 e. The number of nitrogens with zero attached hydrogens (tertiary/aromatic N) is 2. The number of anilines is 4. The van der Waals surface area contributed by atoms with Crippen LogP contribution in [0.2, 0.25) is 0 Å². The lowest BCUT2D eigenvalue weighted by Crippen LogP contribution is -2.14. The molecule has 4 rings (SSSR count). The van der Waals surface area contributed by atoms with Crippen LogP contribution < -0.4 is 10.6 Å². The van der Waals surface area contributed by atoms with Gasteiger partial charge in [0.1, 0.15) is 11.4 Å². The molecule has 0 aliphatic heterocycles. The van der Waals surface area contributed by atoms with E-state index >= 15 is 0 Å². The molecule has 2 N–H and O–H groups in total. The molecule has 1 saturated carbocycles. The van der Waals surface area contributed by atoms with Crippen molar-refractivity contribution in [2.45, 2.75) is 51.1 Å². The van der Waals surface area contributed by atoms with Crippen molar-refractivity contribution < 1.29 is 13.2 Å². The van der Waals surface area contributed by atoms with E-state index in [4.69, 9.17) is 0 Å². The van der Waals surface area contributed by atoms with Gasteiger partial charge in [-0.1, -0.05) is 49.6 Å². The van der Waals surface area contributed by atoms with Crippen LogP contribution in [-0.2, 0) is 6.18 Å². The number of alkyl halides is 3. The maximum atomic E-state index is 13.7. The standard InChI is InChI=1S/C24H25F3N4/c1-16-8-7-11-18(14-16)29-23-28-15-20(24(25,26)27)22(31-23)30-21-13-6-5-12-19(21)17-9-3-2-4-10-17/h5-8,11-15,17H,2-4,9-10H2,1H3,(H2,28,29,30,31). The predicted molar refractivity (Wildman–Crippen MR) is 117 cm³/mol. The Hall–Kier alpha value is -3.09. The van der Waals surface area contributed by atoms with E-state index in [9.17, 15) is 13.2 Å². The fourth-order valence-electron chi connectivity index (χ4n) is 4.10. The number of rotatable bonds is 5. The Kier molecular flexibility index (Phi) is 6.11. The molecule has 0 radical (unpaired) electrons. The summed E-state index contributed by atoms with van der Waals surface area (Å²) in [6.07, 6.45) is 1.87. The molecule has 0 bridgehead atoms. The second-order valence-electron chi connectivity index (χ2n) is 8.00. The summed E-state index contributed by atoms with van der Waals surface area (Å²) in [5.41, 5.74) is 2.56. The van der Waals surface area contributed by atoms with Crippen LogP contribution in [0.15, 0.2) is 54.7 Å². The van der Waals surface area contributed by atoms with Crippen LogP contribution in [-0.4, -0.2) is 9.97 Å². The molecule has 1 heterocycles. The SMILES string of the molecule is Cc1cccc(Nc2ncc(C(F)(F)F)c(Nc3ccccc3C3CCCCC3)n2)c1. The number of hydrogen-bond donors (Lipinski definition) is 2. The second-order valence-corrected chi connectivity index (χ2v) is 8.00. The molecule has 162 valence electrons. The first-order chi connectivity index (χ1) is 14.9. The summed E-state index contributed by atoms with van der Waals surface area (Å²) >= 11 is 0. The molecular weight excluding hydrogens is 401 g/mol. The van der Waals surface area contributed by atoms with Crippen LogP contribution in [0.5, 0.6) is 0 Å². The Balaban J connectivity index is 1.68. The quantitative estimate of drug-likeness (QED) is 0.448. The number of aromatic nitrogens is 2. The topological polar surface area (TPSA) is 49.8 Å². The van der Waals surface area contributed by atoms with E-state index < -0.39 is 11.7 Å². The molecule has 1 aliphatic carbocycles. The summed E-state index contributed by atoms with van der Waals surface area (Å²) in [6, 6.07) is 15.1. The van der Waals surface area contributed by atoms with Crippen LogP contribution in [0.1, 0.15) is 54.7 Å². The molecular formula is C24H25F3N4. The van der Waals surface area contributed by atoms with E-state index in [0.717, 1.165) is 43.0 Å². The normalized spacial score (nSPS) is 15.0. The Morgan fingerprint density at radius 3 is 2.45 bits per heavy atom. The molecule has 7 heteroatoms. The van der Waals surface area contributed by atoms with Gasteiger partial charge in [0.15, 0.2) is 0 Å². The Morgan fingerprint density at radius 2 is 1.71 bits per heavy atom. The number of para-hydroxylation sites is 1. The molecule has 0 saturated heterocycles. The first kappa shape index (κ1) is 21.2. The Morgan fingerprint density at radius 1 is 0.935 bits per heavy atom. The van der Waals surface area contributed by atoms with Crippen molar-refractivity contribution in [3.63, 3.8) is 0 Å². The van der Waals surface area contributed by atoms with Gasteiger partial charge in [0.05, 0.1) is 0 Å². The lowest BCUT2D eigenvalue weighted by molar-refractivity contribution is -0.137. The van der Waals surface area contributed by atoms with Crippen molar-refractivity contribution in [3.05, 3.63) is 71.4 Å². The van der Waals surface area contributed by atoms with E-state index in [2.05, 4.69) is 20.6 Å². The zero-order valence-corrected chi connectivity index (χ0v) is 17.3. The van der Waals surface area contributed by atoms with Crippen LogP contribution in [0.4, 0.5) is 36.3 Å². The highest BCUT2D eigenvalue weighted by Gasteiger charge is 2.35. The summed E-state index contributed by atoms with van der Waals surface area (Å²) in [6.45, 7) is 1.94. The van der Waals surface area contributed by atoms with Gasteiger partial charge in [-0.05, 0) is 55.0 Å². The van der Waals surface area contributed by atoms with Gasteiger partial charge in [-0.2, -0.15) is 18.2 Å². The van der Waals surface area contributed by atoms with Gasteiger partial charge in [0.25, 0.3) is 0 Å². The highest BCUT2D eigenvalue weighted by atomic mass is 19.4. The van der Waals surface area contributed by atoms with Gasteiger partial charge in [0.2, 0.25) is 5.95 Å². The zero-order chi connectivity index (χ0) is 21.8. The van der Waals surface area contributed by atoms with Gasteiger partial charge < -0.3 is 10.6 Å². The molecule has 2 aromatic carbocycles. The summed E-state index contributed by atoms with van der Waals surface area (Å²) in [5, 5.41) is 5.97. The maximum Gasteiger partial charge on any atom is 0.421 e. The zero-order valence-electron chi connectivity index (χ0n) is 17.3. The number of hydrogen-bond acceptors (Lipinski definition) is 4. The van der Waals surface area contributed by atoms with Crippen molar-refractivity contribution in [3.8, 4) is 0 Å². The second kappa shape index (κ2) is 8.96.